The lowest BCUT2D eigenvalue weighted by Crippen LogP contribution is -2.36. The Balaban J connectivity index is 1.48. The zero-order chi connectivity index (χ0) is 18.1. The normalized spacial score (nSPS) is 16.2. The highest BCUT2D eigenvalue weighted by molar-refractivity contribution is 5.95. The summed E-state index contributed by atoms with van der Waals surface area (Å²) in [6.07, 6.45) is 5.55. The minimum absolute atomic E-state index is 0.0509. The number of rotatable bonds is 6. The van der Waals surface area contributed by atoms with Crippen LogP contribution >= 0.6 is 0 Å². The molecule has 6 nitrogen and oxygen atoms in total. The van der Waals surface area contributed by atoms with E-state index in [2.05, 4.69) is 10.3 Å². The lowest BCUT2D eigenvalue weighted by atomic mass is 10.1. The van der Waals surface area contributed by atoms with Crippen molar-refractivity contribution < 1.29 is 9.59 Å². The number of nitrogens with zero attached hydrogens (tertiary/aromatic N) is 1. The summed E-state index contributed by atoms with van der Waals surface area (Å²) >= 11 is 0. The number of amides is 2. The summed E-state index contributed by atoms with van der Waals surface area (Å²) in [5.74, 6) is -0.296. The number of hydrogen-bond donors (Lipinski definition) is 2. The van der Waals surface area contributed by atoms with E-state index in [1.54, 1.807) is 29.2 Å². The van der Waals surface area contributed by atoms with E-state index in [4.69, 9.17) is 0 Å². The van der Waals surface area contributed by atoms with Gasteiger partial charge in [0, 0.05) is 30.4 Å². The molecule has 0 atom stereocenters. The second kappa shape index (κ2) is 6.78. The van der Waals surface area contributed by atoms with Gasteiger partial charge >= 0.3 is 0 Å². The SMILES string of the molecule is O=C(NC1CC1)c1ccc(CN(C(=O)c2ccc[nH]c2=O)C2CC2)cc1. The molecule has 2 aliphatic carbocycles. The third-order valence-corrected chi connectivity index (χ3v) is 4.78. The maximum Gasteiger partial charge on any atom is 0.260 e. The Morgan fingerprint density at radius 2 is 1.81 bits per heavy atom. The van der Waals surface area contributed by atoms with Crippen LogP contribution in [-0.2, 0) is 6.54 Å². The fourth-order valence-electron chi connectivity index (χ4n) is 2.95. The average Bonchev–Trinajstić information content (AvgIpc) is 3.54. The largest absolute Gasteiger partial charge is 0.349 e. The Morgan fingerprint density at radius 3 is 2.42 bits per heavy atom. The van der Waals surface area contributed by atoms with Gasteiger partial charge in [0.2, 0.25) is 0 Å². The molecule has 2 aromatic rings. The van der Waals surface area contributed by atoms with Crippen LogP contribution in [0.25, 0.3) is 0 Å². The summed E-state index contributed by atoms with van der Waals surface area (Å²) in [6, 6.07) is 11.1. The molecule has 0 spiro atoms. The molecule has 6 heteroatoms. The fourth-order valence-corrected chi connectivity index (χ4v) is 2.95. The highest BCUT2D eigenvalue weighted by atomic mass is 16.2. The van der Waals surface area contributed by atoms with E-state index in [1.165, 1.54) is 6.20 Å². The minimum Gasteiger partial charge on any atom is -0.349 e. The molecule has 26 heavy (non-hydrogen) atoms. The summed E-state index contributed by atoms with van der Waals surface area (Å²) < 4.78 is 0. The first-order valence-electron chi connectivity index (χ1n) is 9.00. The van der Waals surface area contributed by atoms with E-state index in [1.807, 2.05) is 12.1 Å². The third-order valence-electron chi connectivity index (χ3n) is 4.78. The first-order chi connectivity index (χ1) is 12.6. The van der Waals surface area contributed by atoms with Crippen LogP contribution in [0.15, 0.2) is 47.4 Å². The van der Waals surface area contributed by atoms with E-state index < -0.39 is 0 Å². The number of pyridine rings is 1. The number of carbonyl (C=O) groups is 2. The number of nitrogens with one attached hydrogen (secondary N) is 2. The Hall–Kier alpha value is -2.89. The van der Waals surface area contributed by atoms with Gasteiger partial charge in [-0.2, -0.15) is 0 Å². The monoisotopic (exact) mass is 351 g/mol. The number of H-pyrrole nitrogens is 1. The maximum absolute atomic E-state index is 12.8. The summed E-state index contributed by atoms with van der Waals surface area (Å²) in [7, 11) is 0. The van der Waals surface area contributed by atoms with Crippen molar-refractivity contribution in [3.05, 3.63) is 69.6 Å². The predicted octanol–water partition coefficient (Wildman–Crippen LogP) is 2.07. The fraction of sp³-hybridized carbons (Fsp3) is 0.350. The molecule has 1 aromatic heterocycles. The third kappa shape index (κ3) is 3.69. The maximum atomic E-state index is 12.8. The van der Waals surface area contributed by atoms with Gasteiger partial charge in [0.15, 0.2) is 0 Å². The molecule has 2 fully saturated rings. The Morgan fingerprint density at radius 1 is 1.08 bits per heavy atom. The van der Waals surface area contributed by atoms with Crippen molar-refractivity contribution in [3.8, 4) is 0 Å². The van der Waals surface area contributed by atoms with Gasteiger partial charge in [-0.3, -0.25) is 14.4 Å². The van der Waals surface area contributed by atoms with E-state index in [9.17, 15) is 14.4 Å². The van der Waals surface area contributed by atoms with Crippen LogP contribution in [0.2, 0.25) is 0 Å². The van der Waals surface area contributed by atoms with E-state index in [0.29, 0.717) is 18.2 Å². The molecule has 4 rings (SSSR count). The van der Waals surface area contributed by atoms with Crippen molar-refractivity contribution in [1.29, 1.82) is 0 Å². The number of aromatic nitrogens is 1. The Kier molecular flexibility index (Phi) is 4.32. The van der Waals surface area contributed by atoms with Crippen LogP contribution in [0, 0.1) is 0 Å². The van der Waals surface area contributed by atoms with Crippen LogP contribution in [0.3, 0.4) is 0 Å². The first-order valence-corrected chi connectivity index (χ1v) is 9.00. The smallest absolute Gasteiger partial charge is 0.260 e. The van der Waals surface area contributed by atoms with Gasteiger partial charge in [-0.1, -0.05) is 12.1 Å². The summed E-state index contributed by atoms with van der Waals surface area (Å²) in [6.45, 7) is 0.433. The van der Waals surface area contributed by atoms with Crippen LogP contribution in [-0.4, -0.2) is 33.8 Å². The molecule has 2 aliphatic rings. The lowest BCUT2D eigenvalue weighted by molar-refractivity contribution is 0.0727. The van der Waals surface area contributed by atoms with Crippen molar-refractivity contribution in [3.63, 3.8) is 0 Å². The van der Waals surface area contributed by atoms with Crippen LogP contribution < -0.4 is 10.9 Å². The standard InChI is InChI=1S/C20H21N3O3/c24-18(22-15-7-8-15)14-5-3-13(4-6-14)12-23(16-9-10-16)20(26)17-2-1-11-21-19(17)25/h1-6,11,15-16H,7-10,12H2,(H,21,25)(H,22,24). The van der Waals surface area contributed by atoms with Crippen molar-refractivity contribution in [2.45, 2.75) is 44.3 Å². The van der Waals surface area contributed by atoms with Crippen LogP contribution in [0.1, 0.15) is 52.0 Å². The first kappa shape index (κ1) is 16.6. The molecule has 2 N–H and O–H groups in total. The van der Waals surface area contributed by atoms with Crippen molar-refractivity contribution in [2.75, 3.05) is 0 Å². The summed E-state index contributed by atoms with van der Waals surface area (Å²) in [5, 5.41) is 2.96. The van der Waals surface area contributed by atoms with Gasteiger partial charge in [0.25, 0.3) is 17.4 Å². The Labute approximate surface area is 151 Å². The Bertz CT molecular complexity index is 880. The molecule has 1 heterocycles. The quantitative estimate of drug-likeness (QED) is 0.836. The van der Waals surface area contributed by atoms with Crippen molar-refractivity contribution in [1.82, 2.24) is 15.2 Å². The molecule has 2 amide bonds. The van der Waals surface area contributed by atoms with E-state index in [0.717, 1.165) is 31.2 Å². The van der Waals surface area contributed by atoms with Gasteiger partial charge in [-0.25, -0.2) is 0 Å². The highest BCUT2D eigenvalue weighted by Gasteiger charge is 2.34. The molecule has 0 saturated heterocycles. The number of aromatic amines is 1. The molecule has 134 valence electrons. The second-order valence-electron chi connectivity index (χ2n) is 7.02. The molecule has 0 bridgehead atoms. The van der Waals surface area contributed by atoms with Crippen LogP contribution in [0.4, 0.5) is 0 Å². The highest BCUT2D eigenvalue weighted by Crippen LogP contribution is 2.29. The van der Waals surface area contributed by atoms with Crippen molar-refractivity contribution >= 4 is 11.8 Å². The molecule has 2 saturated carbocycles. The number of carbonyl (C=O) groups excluding carboxylic acids is 2. The number of hydrogen-bond acceptors (Lipinski definition) is 3. The zero-order valence-corrected chi connectivity index (χ0v) is 14.4. The van der Waals surface area contributed by atoms with Gasteiger partial charge in [0.1, 0.15) is 5.56 Å². The van der Waals surface area contributed by atoms with Crippen molar-refractivity contribution in [2.24, 2.45) is 0 Å². The predicted molar refractivity (Wildman–Crippen MR) is 96.9 cm³/mol. The lowest BCUT2D eigenvalue weighted by Gasteiger charge is -2.22. The van der Waals surface area contributed by atoms with E-state index >= 15 is 0 Å². The zero-order valence-electron chi connectivity index (χ0n) is 14.4. The number of benzene rings is 1. The van der Waals surface area contributed by atoms with E-state index in [-0.39, 0.29) is 29.0 Å². The molecular formula is C20H21N3O3. The summed E-state index contributed by atoms with van der Waals surface area (Å²) in [4.78, 5) is 41.1. The minimum atomic E-state index is -0.366. The average molecular weight is 351 g/mol. The molecule has 0 radical (unpaired) electrons. The molecule has 0 aliphatic heterocycles. The van der Waals surface area contributed by atoms with Crippen LogP contribution in [0.5, 0.6) is 0 Å². The molecular weight excluding hydrogens is 330 g/mol. The van der Waals surface area contributed by atoms with Gasteiger partial charge in [-0.15, -0.1) is 0 Å². The molecule has 1 aromatic carbocycles. The van der Waals surface area contributed by atoms with Gasteiger partial charge in [0.05, 0.1) is 0 Å². The molecule has 0 unspecified atom stereocenters. The topological polar surface area (TPSA) is 82.3 Å². The van der Waals surface area contributed by atoms with Gasteiger partial charge < -0.3 is 15.2 Å². The second-order valence-corrected chi connectivity index (χ2v) is 7.02. The summed E-state index contributed by atoms with van der Waals surface area (Å²) in [5.41, 5.74) is 1.38. The van der Waals surface area contributed by atoms with Gasteiger partial charge in [-0.05, 0) is 55.5 Å².